The Labute approximate surface area is 79.4 Å². The van der Waals surface area contributed by atoms with E-state index in [0.29, 0.717) is 0 Å². The lowest BCUT2D eigenvalue weighted by molar-refractivity contribution is 0.144. The lowest BCUT2D eigenvalue weighted by Crippen LogP contribution is -2.27. The second kappa shape index (κ2) is 4.40. The van der Waals surface area contributed by atoms with Crippen LogP contribution < -0.4 is 5.73 Å². The van der Waals surface area contributed by atoms with Gasteiger partial charge in [0.1, 0.15) is 0 Å². The van der Waals surface area contributed by atoms with E-state index in [1.165, 1.54) is 0 Å². The Morgan fingerprint density at radius 2 is 2.00 bits per heavy atom. The Kier molecular flexibility index (Phi) is 3.46. The highest BCUT2D eigenvalue weighted by molar-refractivity contribution is 5.28. The summed E-state index contributed by atoms with van der Waals surface area (Å²) < 4.78 is 0. The smallest absolute Gasteiger partial charge is 0.0943 e. The largest absolute Gasteiger partial charge is 0.387 e. The minimum atomic E-state index is -0.536. The molecule has 1 aromatic carbocycles. The number of aryl methyl sites for hydroxylation is 1. The molecule has 2 nitrogen and oxygen atoms in total. The maximum atomic E-state index is 9.84. The highest BCUT2D eigenvalue weighted by atomic mass is 16.3. The van der Waals surface area contributed by atoms with Gasteiger partial charge in [-0.05, 0) is 24.5 Å². The molecule has 3 N–H and O–H groups in total. The molecule has 0 unspecified atom stereocenters. The van der Waals surface area contributed by atoms with Crippen molar-refractivity contribution in [1.82, 2.24) is 0 Å². The maximum Gasteiger partial charge on any atom is 0.0943 e. The second-order valence-electron chi connectivity index (χ2n) is 3.37. The highest BCUT2D eigenvalue weighted by Gasteiger charge is 2.15. The van der Waals surface area contributed by atoms with E-state index in [4.69, 9.17) is 5.73 Å². The van der Waals surface area contributed by atoms with Gasteiger partial charge in [-0.2, -0.15) is 0 Å². The fourth-order valence-electron chi connectivity index (χ4n) is 1.37. The normalized spacial score (nSPS) is 15.4. The number of rotatable bonds is 3. The van der Waals surface area contributed by atoms with Crippen molar-refractivity contribution in [3.05, 3.63) is 35.4 Å². The molecule has 0 fully saturated rings. The molecular weight excluding hydrogens is 162 g/mol. The molecule has 0 aromatic heterocycles. The summed E-state index contributed by atoms with van der Waals surface area (Å²) in [7, 11) is 0. The summed E-state index contributed by atoms with van der Waals surface area (Å²) in [4.78, 5) is 0. The third-order valence-electron chi connectivity index (χ3n) is 2.38. The molecule has 2 heteroatoms. The molecule has 72 valence electrons. The minimum absolute atomic E-state index is 0.166. The predicted molar refractivity (Wildman–Crippen MR) is 54.4 cm³/mol. The van der Waals surface area contributed by atoms with Crippen LogP contribution in [-0.2, 0) is 0 Å². The van der Waals surface area contributed by atoms with Crippen LogP contribution in [-0.4, -0.2) is 11.1 Å². The molecule has 0 heterocycles. The van der Waals surface area contributed by atoms with Crippen LogP contribution in [0.1, 0.15) is 30.6 Å². The molecule has 0 radical (unpaired) electrons. The Morgan fingerprint density at radius 1 is 1.38 bits per heavy atom. The number of hydrogen-bond donors (Lipinski definition) is 2. The van der Waals surface area contributed by atoms with E-state index in [2.05, 4.69) is 0 Å². The van der Waals surface area contributed by atoms with Crippen LogP contribution in [0.2, 0.25) is 0 Å². The number of aliphatic hydroxyl groups is 1. The van der Waals surface area contributed by atoms with Gasteiger partial charge in [0.2, 0.25) is 0 Å². The maximum absolute atomic E-state index is 9.84. The Hall–Kier alpha value is -0.860. The first-order valence-electron chi connectivity index (χ1n) is 4.66. The van der Waals surface area contributed by atoms with Gasteiger partial charge in [-0.15, -0.1) is 0 Å². The molecule has 0 spiro atoms. The third-order valence-corrected chi connectivity index (χ3v) is 2.38. The van der Waals surface area contributed by atoms with Crippen molar-refractivity contribution < 1.29 is 5.11 Å². The van der Waals surface area contributed by atoms with Gasteiger partial charge in [0.25, 0.3) is 0 Å². The van der Waals surface area contributed by atoms with E-state index in [1.807, 2.05) is 38.1 Å². The average Bonchev–Trinajstić information content (AvgIpc) is 2.16. The monoisotopic (exact) mass is 179 g/mol. The van der Waals surface area contributed by atoms with Gasteiger partial charge in [-0.3, -0.25) is 0 Å². The third kappa shape index (κ3) is 2.29. The molecule has 0 aliphatic heterocycles. The quantitative estimate of drug-likeness (QED) is 0.742. The van der Waals surface area contributed by atoms with E-state index in [0.717, 1.165) is 17.5 Å². The molecule has 0 amide bonds. The van der Waals surface area contributed by atoms with Crippen molar-refractivity contribution in [1.29, 1.82) is 0 Å². The average molecular weight is 179 g/mol. The first-order chi connectivity index (χ1) is 6.16. The number of hydrogen-bond acceptors (Lipinski definition) is 2. The van der Waals surface area contributed by atoms with E-state index >= 15 is 0 Å². The molecule has 13 heavy (non-hydrogen) atoms. The first-order valence-corrected chi connectivity index (χ1v) is 4.66. The molecule has 0 bridgehead atoms. The van der Waals surface area contributed by atoms with Gasteiger partial charge in [0, 0.05) is 6.04 Å². The highest BCUT2D eigenvalue weighted by Crippen LogP contribution is 2.20. The SMILES string of the molecule is CC[C@H](N)[C@H](O)c1ccccc1C. The van der Waals surface area contributed by atoms with Crippen LogP contribution in [0.15, 0.2) is 24.3 Å². The van der Waals surface area contributed by atoms with Gasteiger partial charge in [-0.25, -0.2) is 0 Å². The zero-order chi connectivity index (χ0) is 9.84. The molecule has 0 aliphatic rings. The van der Waals surface area contributed by atoms with E-state index in [-0.39, 0.29) is 6.04 Å². The lowest BCUT2D eigenvalue weighted by atomic mass is 9.97. The van der Waals surface area contributed by atoms with Gasteiger partial charge in [0.15, 0.2) is 0 Å². The van der Waals surface area contributed by atoms with E-state index < -0.39 is 6.10 Å². The Balaban J connectivity index is 2.88. The van der Waals surface area contributed by atoms with Crippen LogP contribution in [0.5, 0.6) is 0 Å². The summed E-state index contributed by atoms with van der Waals surface area (Å²) in [5, 5.41) is 9.84. The molecule has 0 saturated carbocycles. The Bertz CT molecular complexity index is 273. The fourth-order valence-corrected chi connectivity index (χ4v) is 1.37. The Morgan fingerprint density at radius 3 is 2.54 bits per heavy atom. The summed E-state index contributed by atoms with van der Waals surface area (Å²) in [5.41, 5.74) is 7.81. The van der Waals surface area contributed by atoms with Crippen LogP contribution in [0, 0.1) is 6.92 Å². The summed E-state index contributed by atoms with van der Waals surface area (Å²) in [6.45, 7) is 3.97. The van der Waals surface area contributed by atoms with Crippen molar-refractivity contribution in [2.24, 2.45) is 5.73 Å². The summed E-state index contributed by atoms with van der Waals surface area (Å²) in [5.74, 6) is 0. The molecular formula is C11H17NO. The molecule has 1 aromatic rings. The number of nitrogens with two attached hydrogens (primary N) is 1. The second-order valence-corrected chi connectivity index (χ2v) is 3.37. The van der Waals surface area contributed by atoms with Crippen LogP contribution >= 0.6 is 0 Å². The molecule has 0 saturated heterocycles. The first kappa shape index (κ1) is 10.2. The van der Waals surface area contributed by atoms with Crippen LogP contribution in [0.25, 0.3) is 0 Å². The number of benzene rings is 1. The minimum Gasteiger partial charge on any atom is -0.387 e. The summed E-state index contributed by atoms with van der Waals surface area (Å²) in [6, 6.07) is 7.63. The van der Waals surface area contributed by atoms with Gasteiger partial charge in [-0.1, -0.05) is 31.2 Å². The van der Waals surface area contributed by atoms with Gasteiger partial charge in [0.05, 0.1) is 6.10 Å². The zero-order valence-electron chi connectivity index (χ0n) is 8.20. The van der Waals surface area contributed by atoms with Crippen molar-refractivity contribution in [2.75, 3.05) is 0 Å². The van der Waals surface area contributed by atoms with Crippen molar-refractivity contribution in [2.45, 2.75) is 32.4 Å². The fraction of sp³-hybridized carbons (Fsp3) is 0.455. The molecule has 1 rings (SSSR count). The van der Waals surface area contributed by atoms with Crippen molar-refractivity contribution >= 4 is 0 Å². The van der Waals surface area contributed by atoms with E-state index in [9.17, 15) is 5.11 Å². The van der Waals surface area contributed by atoms with Crippen LogP contribution in [0.3, 0.4) is 0 Å². The zero-order valence-corrected chi connectivity index (χ0v) is 8.20. The van der Waals surface area contributed by atoms with Crippen molar-refractivity contribution in [3.8, 4) is 0 Å². The summed E-state index contributed by atoms with van der Waals surface area (Å²) in [6.07, 6.45) is 0.251. The van der Waals surface area contributed by atoms with E-state index in [1.54, 1.807) is 0 Å². The van der Waals surface area contributed by atoms with Crippen LogP contribution in [0.4, 0.5) is 0 Å². The van der Waals surface area contributed by atoms with Gasteiger partial charge >= 0.3 is 0 Å². The topological polar surface area (TPSA) is 46.2 Å². The predicted octanol–water partition coefficient (Wildman–Crippen LogP) is 1.77. The van der Waals surface area contributed by atoms with Crippen molar-refractivity contribution in [3.63, 3.8) is 0 Å². The van der Waals surface area contributed by atoms with Gasteiger partial charge < -0.3 is 10.8 Å². The number of aliphatic hydroxyl groups excluding tert-OH is 1. The molecule has 2 atom stereocenters. The summed E-state index contributed by atoms with van der Waals surface area (Å²) >= 11 is 0. The standard InChI is InChI=1S/C11H17NO/c1-3-10(12)11(13)9-7-5-4-6-8(9)2/h4-7,10-11,13H,3,12H2,1-2H3/t10-,11+/m0/s1. The molecule has 0 aliphatic carbocycles. The lowest BCUT2D eigenvalue weighted by Gasteiger charge is -2.19.